The van der Waals surface area contributed by atoms with Crippen LogP contribution in [0.4, 0.5) is 10.2 Å². The van der Waals surface area contributed by atoms with Gasteiger partial charge >= 0.3 is 0 Å². The first-order valence-corrected chi connectivity index (χ1v) is 10.3. The maximum Gasteiger partial charge on any atom is 0.129 e. The van der Waals surface area contributed by atoms with Gasteiger partial charge in [0.05, 0.1) is 29.6 Å². The molecule has 0 aromatic carbocycles. The highest BCUT2D eigenvalue weighted by molar-refractivity contribution is 6.10. The van der Waals surface area contributed by atoms with Gasteiger partial charge in [-0.05, 0) is 31.0 Å². The first kappa shape index (κ1) is 20.0. The predicted octanol–water partition coefficient (Wildman–Crippen LogP) is 3.74. The van der Waals surface area contributed by atoms with Crippen molar-refractivity contribution in [3.8, 4) is 11.4 Å². The van der Waals surface area contributed by atoms with Gasteiger partial charge in [-0.3, -0.25) is 15.1 Å². The minimum absolute atomic E-state index is 0.101. The highest BCUT2D eigenvalue weighted by Crippen LogP contribution is 2.28. The quantitative estimate of drug-likeness (QED) is 0.607. The molecular formula is C22H26FN7. The topological polar surface area (TPSA) is 96.1 Å². The van der Waals surface area contributed by atoms with Crippen LogP contribution < -0.4 is 10.6 Å². The van der Waals surface area contributed by atoms with Gasteiger partial charge in [0.2, 0.25) is 0 Å². The lowest BCUT2D eigenvalue weighted by atomic mass is 10.1. The number of pyridine rings is 2. The second-order valence-electron chi connectivity index (χ2n) is 7.32. The van der Waals surface area contributed by atoms with E-state index in [9.17, 15) is 4.39 Å². The lowest BCUT2D eigenvalue weighted by molar-refractivity contribution is 0.505. The van der Waals surface area contributed by atoms with E-state index in [4.69, 9.17) is 10.7 Å². The molecule has 1 aliphatic heterocycles. The Labute approximate surface area is 174 Å². The van der Waals surface area contributed by atoms with Crippen LogP contribution in [0.2, 0.25) is 0 Å². The zero-order chi connectivity index (χ0) is 20.8. The van der Waals surface area contributed by atoms with Gasteiger partial charge in [0.1, 0.15) is 18.2 Å². The molecule has 0 amide bonds. The Bertz CT molecular complexity index is 1050. The number of rotatable bonds is 6. The lowest BCUT2D eigenvalue weighted by Gasteiger charge is -2.21. The summed E-state index contributed by atoms with van der Waals surface area (Å²) in [7, 11) is 0. The summed E-state index contributed by atoms with van der Waals surface area (Å²) in [6.07, 6.45) is 9.64. The molecule has 0 unspecified atom stereocenters. The average Bonchev–Trinajstić information content (AvgIpc) is 3.01. The van der Waals surface area contributed by atoms with E-state index in [1.165, 1.54) is 31.9 Å². The Morgan fingerprint density at radius 2 is 2.07 bits per heavy atom. The first-order valence-electron chi connectivity index (χ1n) is 10.3. The number of hydrogen-bond donors (Lipinski definition) is 2. The van der Waals surface area contributed by atoms with Crippen LogP contribution in [-0.2, 0) is 0 Å². The summed E-state index contributed by atoms with van der Waals surface area (Å²) < 4.78 is 12.3. The molecule has 4 heterocycles. The van der Waals surface area contributed by atoms with Crippen molar-refractivity contribution in [1.82, 2.24) is 20.2 Å². The number of anilines is 1. The van der Waals surface area contributed by atoms with E-state index in [2.05, 4.69) is 31.1 Å². The van der Waals surface area contributed by atoms with Crippen LogP contribution in [0.3, 0.4) is 0 Å². The number of nitrogens with two attached hydrogens (primary N) is 1. The van der Waals surface area contributed by atoms with Gasteiger partial charge in [0.25, 0.3) is 0 Å². The Kier molecular flexibility index (Phi) is 6.32. The van der Waals surface area contributed by atoms with Crippen LogP contribution in [-0.4, -0.2) is 52.7 Å². The number of alkyl halides is 1. The van der Waals surface area contributed by atoms with Gasteiger partial charge in [-0.25, -0.2) is 9.37 Å². The fourth-order valence-electron chi connectivity index (χ4n) is 3.71. The number of halogens is 1. The molecule has 1 aliphatic rings. The Hall–Kier alpha value is -3.29. The van der Waals surface area contributed by atoms with Crippen molar-refractivity contribution < 1.29 is 4.39 Å². The molecule has 7 nitrogen and oxygen atoms in total. The number of aromatic amines is 1. The van der Waals surface area contributed by atoms with Crippen molar-refractivity contribution >= 4 is 28.5 Å². The molecule has 4 rings (SSSR count). The van der Waals surface area contributed by atoms with Crippen LogP contribution in [0, 0.1) is 0 Å². The maximum absolute atomic E-state index is 12.3. The molecule has 3 aromatic heterocycles. The van der Waals surface area contributed by atoms with Crippen molar-refractivity contribution in [1.29, 1.82) is 0 Å². The third-order valence-corrected chi connectivity index (χ3v) is 5.27. The molecule has 0 radical (unpaired) electrons. The number of nitrogens with zero attached hydrogens (tertiary/aromatic N) is 5. The summed E-state index contributed by atoms with van der Waals surface area (Å²) in [5.41, 5.74) is 9.41. The Morgan fingerprint density at radius 1 is 1.23 bits per heavy atom. The molecule has 1 saturated heterocycles. The van der Waals surface area contributed by atoms with Crippen molar-refractivity contribution in [2.45, 2.75) is 25.7 Å². The van der Waals surface area contributed by atoms with Crippen LogP contribution in [0.15, 0.2) is 41.7 Å². The zero-order valence-electron chi connectivity index (χ0n) is 16.9. The van der Waals surface area contributed by atoms with E-state index >= 15 is 0 Å². The summed E-state index contributed by atoms with van der Waals surface area (Å²) in [6.45, 7) is 1.67. The molecule has 0 aliphatic carbocycles. The molecule has 0 atom stereocenters. The summed E-state index contributed by atoms with van der Waals surface area (Å²) in [4.78, 5) is 15.7. The summed E-state index contributed by atoms with van der Waals surface area (Å²) in [5.74, 6) is 0.987. The second kappa shape index (κ2) is 9.47. The first-order chi connectivity index (χ1) is 14.8. The van der Waals surface area contributed by atoms with Gasteiger partial charge in [-0.15, -0.1) is 0 Å². The monoisotopic (exact) mass is 407 g/mol. The van der Waals surface area contributed by atoms with Crippen molar-refractivity contribution in [3.05, 3.63) is 42.4 Å². The molecule has 8 heteroatoms. The molecule has 30 heavy (non-hydrogen) atoms. The average molecular weight is 407 g/mol. The second-order valence-corrected chi connectivity index (χ2v) is 7.32. The van der Waals surface area contributed by atoms with Crippen LogP contribution in [0.25, 0.3) is 27.9 Å². The number of hydrogen-bond acceptors (Lipinski definition) is 6. The summed E-state index contributed by atoms with van der Waals surface area (Å²) in [5, 5.41) is 8.43. The minimum Gasteiger partial charge on any atom is -0.404 e. The summed E-state index contributed by atoms with van der Waals surface area (Å²) in [6, 6.07) is 7.97. The molecule has 0 bridgehead atoms. The Morgan fingerprint density at radius 3 is 2.83 bits per heavy atom. The molecule has 3 aromatic rings. The SMILES string of the molecule is NC=C(C=NCCF)c1cc2c(-c3cccc(N4CCCCCC4)n3)n[nH]c2cn1. The predicted molar refractivity (Wildman–Crippen MR) is 119 cm³/mol. The van der Waals surface area contributed by atoms with E-state index in [-0.39, 0.29) is 6.54 Å². The Balaban J connectivity index is 1.68. The number of aromatic nitrogens is 4. The fourth-order valence-corrected chi connectivity index (χ4v) is 3.71. The third kappa shape index (κ3) is 4.32. The summed E-state index contributed by atoms with van der Waals surface area (Å²) >= 11 is 0. The molecule has 3 N–H and O–H groups in total. The third-order valence-electron chi connectivity index (χ3n) is 5.27. The normalized spacial score (nSPS) is 15.8. The van der Waals surface area contributed by atoms with Crippen molar-refractivity contribution in [2.24, 2.45) is 10.7 Å². The van der Waals surface area contributed by atoms with Gasteiger partial charge in [0.15, 0.2) is 0 Å². The van der Waals surface area contributed by atoms with Gasteiger partial charge < -0.3 is 10.6 Å². The maximum atomic E-state index is 12.3. The number of nitrogens with one attached hydrogen (secondary N) is 1. The van der Waals surface area contributed by atoms with E-state index in [1.54, 1.807) is 12.4 Å². The van der Waals surface area contributed by atoms with Gasteiger partial charge in [-0.1, -0.05) is 18.9 Å². The molecular weight excluding hydrogens is 381 g/mol. The van der Waals surface area contributed by atoms with Crippen LogP contribution in [0.1, 0.15) is 31.4 Å². The lowest BCUT2D eigenvalue weighted by Crippen LogP contribution is -2.24. The van der Waals surface area contributed by atoms with Crippen LogP contribution in [0.5, 0.6) is 0 Å². The van der Waals surface area contributed by atoms with Crippen molar-refractivity contribution in [3.63, 3.8) is 0 Å². The number of fused-ring (bicyclic) bond motifs is 1. The largest absolute Gasteiger partial charge is 0.404 e. The van der Waals surface area contributed by atoms with E-state index in [1.807, 2.05) is 18.2 Å². The minimum atomic E-state index is -0.508. The van der Waals surface area contributed by atoms with E-state index in [0.29, 0.717) is 11.3 Å². The number of H-pyrrole nitrogens is 1. The standard InChI is InChI=1S/C22H26FN7/c23-8-9-25-14-16(13-24)19-12-17-20(15-26-19)28-29-22(17)18-6-5-7-21(27-18)30-10-3-1-2-4-11-30/h5-7,12-15H,1-4,8-11,24H2,(H,28,29). The molecule has 156 valence electrons. The highest BCUT2D eigenvalue weighted by atomic mass is 19.1. The number of aliphatic imine (C=N–C) groups is 1. The van der Waals surface area contributed by atoms with Crippen molar-refractivity contribution in [2.75, 3.05) is 31.2 Å². The molecule has 0 saturated carbocycles. The molecule has 0 spiro atoms. The number of allylic oxidation sites excluding steroid dienone is 1. The zero-order valence-corrected chi connectivity index (χ0v) is 16.9. The van der Waals surface area contributed by atoms with E-state index in [0.717, 1.165) is 41.2 Å². The smallest absolute Gasteiger partial charge is 0.129 e. The van der Waals surface area contributed by atoms with Gasteiger partial charge in [0, 0.05) is 36.5 Å². The molecule has 1 fully saturated rings. The fraction of sp³-hybridized carbons (Fsp3) is 0.364. The van der Waals surface area contributed by atoms with Gasteiger partial charge in [-0.2, -0.15) is 5.10 Å². The van der Waals surface area contributed by atoms with Crippen LogP contribution >= 0.6 is 0 Å². The van der Waals surface area contributed by atoms with E-state index < -0.39 is 6.67 Å². The highest BCUT2D eigenvalue weighted by Gasteiger charge is 2.15.